The predicted octanol–water partition coefficient (Wildman–Crippen LogP) is 3.24. The number of carbonyl (C=O) groups excluding carboxylic acids is 1. The van der Waals surface area contributed by atoms with E-state index < -0.39 is 5.82 Å². The van der Waals surface area contributed by atoms with Gasteiger partial charge in [0.15, 0.2) is 0 Å². The molecule has 20 heavy (non-hydrogen) atoms. The first-order valence-electron chi connectivity index (χ1n) is 6.14. The average Bonchev–Trinajstić information content (AvgIpc) is 2.61. The van der Waals surface area contributed by atoms with Crippen LogP contribution in [0, 0.1) is 26.6 Å². The molecule has 0 unspecified atom stereocenters. The lowest BCUT2D eigenvalue weighted by Crippen LogP contribution is -2.21. The van der Waals surface area contributed by atoms with Crippen LogP contribution in [0.2, 0.25) is 5.02 Å². The molecule has 0 aliphatic heterocycles. The summed E-state index contributed by atoms with van der Waals surface area (Å²) in [6, 6.07) is 4.64. The molecular weight excluding hydrogens is 281 g/mol. The number of halogens is 2. The van der Waals surface area contributed by atoms with Crippen molar-refractivity contribution in [1.29, 1.82) is 0 Å². The Bertz CT molecular complexity index is 667. The molecule has 1 N–H and O–H groups in total. The third-order valence-electron chi connectivity index (χ3n) is 2.99. The zero-order valence-electron chi connectivity index (χ0n) is 11.5. The van der Waals surface area contributed by atoms with Crippen molar-refractivity contribution in [1.82, 2.24) is 9.78 Å². The summed E-state index contributed by atoms with van der Waals surface area (Å²) in [6.07, 6.45) is 0. The van der Waals surface area contributed by atoms with Crippen molar-refractivity contribution in [2.24, 2.45) is 0 Å². The fourth-order valence-electron chi connectivity index (χ4n) is 1.88. The SMILES string of the molecule is Cc1ccc(NC(=O)Cn2nc(C)c(Cl)c2C)c(F)c1. The first-order chi connectivity index (χ1) is 9.38. The molecule has 1 amide bonds. The van der Waals surface area contributed by atoms with E-state index in [9.17, 15) is 9.18 Å². The van der Waals surface area contributed by atoms with Gasteiger partial charge in [0.25, 0.3) is 0 Å². The fourth-order valence-corrected chi connectivity index (χ4v) is 2.01. The number of rotatable bonds is 3. The van der Waals surface area contributed by atoms with E-state index >= 15 is 0 Å². The second-order valence-electron chi connectivity index (χ2n) is 4.67. The minimum absolute atomic E-state index is 0.00723. The number of aryl methyl sites for hydroxylation is 2. The second-order valence-corrected chi connectivity index (χ2v) is 5.05. The van der Waals surface area contributed by atoms with Gasteiger partial charge in [0.05, 0.1) is 22.1 Å². The van der Waals surface area contributed by atoms with Crippen molar-refractivity contribution < 1.29 is 9.18 Å². The van der Waals surface area contributed by atoms with Gasteiger partial charge in [-0.15, -0.1) is 0 Å². The molecule has 1 aromatic carbocycles. The van der Waals surface area contributed by atoms with Gasteiger partial charge in [-0.2, -0.15) is 5.10 Å². The fraction of sp³-hybridized carbons (Fsp3) is 0.286. The normalized spacial score (nSPS) is 10.7. The highest BCUT2D eigenvalue weighted by molar-refractivity contribution is 6.31. The summed E-state index contributed by atoms with van der Waals surface area (Å²) in [5.41, 5.74) is 2.33. The molecule has 1 heterocycles. The molecule has 1 aromatic heterocycles. The Morgan fingerprint density at radius 1 is 1.40 bits per heavy atom. The number of anilines is 1. The van der Waals surface area contributed by atoms with Gasteiger partial charge in [0, 0.05) is 0 Å². The molecule has 2 aromatic rings. The lowest BCUT2D eigenvalue weighted by molar-refractivity contribution is -0.117. The Balaban J connectivity index is 2.11. The largest absolute Gasteiger partial charge is 0.322 e. The van der Waals surface area contributed by atoms with E-state index in [1.54, 1.807) is 26.8 Å². The quantitative estimate of drug-likeness (QED) is 0.945. The van der Waals surface area contributed by atoms with Crippen LogP contribution in [0.3, 0.4) is 0 Å². The van der Waals surface area contributed by atoms with Gasteiger partial charge in [-0.05, 0) is 38.5 Å². The lowest BCUT2D eigenvalue weighted by Gasteiger charge is -2.08. The molecule has 0 radical (unpaired) electrons. The maximum atomic E-state index is 13.6. The Hall–Kier alpha value is -1.88. The molecule has 6 heteroatoms. The van der Waals surface area contributed by atoms with E-state index in [4.69, 9.17) is 11.6 Å². The van der Waals surface area contributed by atoms with Crippen LogP contribution in [0.1, 0.15) is 17.0 Å². The highest BCUT2D eigenvalue weighted by Gasteiger charge is 2.13. The first kappa shape index (κ1) is 14.5. The standard InChI is InChI=1S/C14H15ClFN3O/c1-8-4-5-12(11(16)6-8)17-13(20)7-19-10(3)14(15)9(2)18-19/h4-6H,7H2,1-3H3,(H,17,20). The van der Waals surface area contributed by atoms with Crippen LogP contribution >= 0.6 is 11.6 Å². The Kier molecular flexibility index (Phi) is 4.09. The summed E-state index contributed by atoms with van der Waals surface area (Å²) >= 11 is 6.01. The van der Waals surface area contributed by atoms with Crippen LogP contribution in [0.4, 0.5) is 10.1 Å². The van der Waals surface area contributed by atoms with Gasteiger partial charge < -0.3 is 5.32 Å². The van der Waals surface area contributed by atoms with Gasteiger partial charge in [-0.3, -0.25) is 9.48 Å². The van der Waals surface area contributed by atoms with Crippen molar-refractivity contribution in [2.45, 2.75) is 27.3 Å². The number of nitrogens with zero attached hydrogens (tertiary/aromatic N) is 2. The van der Waals surface area contributed by atoms with E-state index in [0.717, 1.165) is 5.56 Å². The van der Waals surface area contributed by atoms with Crippen LogP contribution in [0.5, 0.6) is 0 Å². The highest BCUT2D eigenvalue weighted by Crippen LogP contribution is 2.19. The van der Waals surface area contributed by atoms with E-state index in [-0.39, 0.29) is 18.1 Å². The molecule has 2 rings (SSSR count). The maximum absolute atomic E-state index is 13.6. The Morgan fingerprint density at radius 2 is 2.10 bits per heavy atom. The molecule has 106 valence electrons. The second kappa shape index (κ2) is 5.63. The van der Waals surface area contributed by atoms with Crippen molar-refractivity contribution in [3.63, 3.8) is 0 Å². The summed E-state index contributed by atoms with van der Waals surface area (Å²) in [5, 5.41) is 7.22. The number of hydrogen-bond acceptors (Lipinski definition) is 2. The van der Waals surface area contributed by atoms with Gasteiger partial charge in [0.2, 0.25) is 5.91 Å². The number of amides is 1. The predicted molar refractivity (Wildman–Crippen MR) is 76.5 cm³/mol. The van der Waals surface area contributed by atoms with Crippen molar-refractivity contribution in [2.75, 3.05) is 5.32 Å². The zero-order chi connectivity index (χ0) is 14.9. The van der Waals surface area contributed by atoms with Crippen molar-refractivity contribution in [3.8, 4) is 0 Å². The molecule has 0 saturated heterocycles. The summed E-state index contributed by atoms with van der Waals surface area (Å²) in [4.78, 5) is 11.9. The Labute approximate surface area is 121 Å². The van der Waals surface area contributed by atoms with Crippen LogP contribution in [-0.4, -0.2) is 15.7 Å². The third-order valence-corrected chi connectivity index (χ3v) is 3.53. The smallest absolute Gasteiger partial charge is 0.246 e. The van der Waals surface area contributed by atoms with Crippen LogP contribution in [0.25, 0.3) is 0 Å². The van der Waals surface area contributed by atoms with Gasteiger partial charge >= 0.3 is 0 Å². The molecule has 0 atom stereocenters. The van der Waals surface area contributed by atoms with Crippen molar-refractivity contribution >= 4 is 23.2 Å². The number of hydrogen-bond donors (Lipinski definition) is 1. The summed E-state index contributed by atoms with van der Waals surface area (Å²) < 4.78 is 15.1. The molecule has 0 aliphatic rings. The molecule has 4 nitrogen and oxygen atoms in total. The molecule has 0 aliphatic carbocycles. The topological polar surface area (TPSA) is 46.9 Å². The van der Waals surface area contributed by atoms with Gasteiger partial charge in [-0.25, -0.2) is 4.39 Å². The van der Waals surface area contributed by atoms with E-state index in [1.165, 1.54) is 16.8 Å². The van der Waals surface area contributed by atoms with Gasteiger partial charge in [-0.1, -0.05) is 17.7 Å². The molecule has 0 fully saturated rings. The monoisotopic (exact) mass is 295 g/mol. The molecule has 0 spiro atoms. The lowest BCUT2D eigenvalue weighted by atomic mass is 10.2. The maximum Gasteiger partial charge on any atom is 0.246 e. The number of aromatic nitrogens is 2. The Morgan fingerprint density at radius 3 is 2.65 bits per heavy atom. The molecular formula is C14H15ClFN3O. The first-order valence-corrected chi connectivity index (χ1v) is 6.52. The average molecular weight is 296 g/mol. The van der Waals surface area contributed by atoms with E-state index in [0.29, 0.717) is 16.4 Å². The summed E-state index contributed by atoms with van der Waals surface area (Å²) in [6.45, 7) is 5.32. The van der Waals surface area contributed by atoms with Crippen LogP contribution < -0.4 is 5.32 Å². The van der Waals surface area contributed by atoms with Crippen molar-refractivity contribution in [3.05, 3.63) is 46.0 Å². The zero-order valence-corrected chi connectivity index (χ0v) is 12.3. The third kappa shape index (κ3) is 2.99. The number of benzene rings is 1. The van der Waals surface area contributed by atoms with Gasteiger partial charge in [0.1, 0.15) is 12.4 Å². The van der Waals surface area contributed by atoms with E-state index in [1.807, 2.05) is 0 Å². The molecule has 0 bridgehead atoms. The number of nitrogens with one attached hydrogen (secondary N) is 1. The van der Waals surface area contributed by atoms with E-state index in [2.05, 4.69) is 10.4 Å². The summed E-state index contributed by atoms with van der Waals surface area (Å²) in [7, 11) is 0. The van der Waals surface area contributed by atoms with Crippen LogP contribution in [0.15, 0.2) is 18.2 Å². The summed E-state index contributed by atoms with van der Waals surface area (Å²) in [5.74, 6) is -0.806. The molecule has 0 saturated carbocycles. The minimum atomic E-state index is -0.454. The van der Waals surface area contributed by atoms with Crippen LogP contribution in [-0.2, 0) is 11.3 Å². The number of carbonyl (C=O) groups is 1. The highest BCUT2D eigenvalue weighted by atomic mass is 35.5. The minimum Gasteiger partial charge on any atom is -0.322 e.